The van der Waals surface area contributed by atoms with Crippen LogP contribution in [0.25, 0.3) is 0 Å². The number of aliphatic hydroxyl groups is 1. The first kappa shape index (κ1) is 14.9. The second-order valence-corrected chi connectivity index (χ2v) is 4.72. The minimum Gasteiger partial charge on any atom is -0.494 e. The van der Waals surface area contributed by atoms with E-state index in [9.17, 15) is 9.50 Å². The second kappa shape index (κ2) is 6.71. The molecule has 0 fully saturated rings. The van der Waals surface area contributed by atoms with E-state index >= 15 is 0 Å². The largest absolute Gasteiger partial charge is 0.494 e. The van der Waals surface area contributed by atoms with Crippen molar-refractivity contribution in [1.29, 1.82) is 0 Å². The van der Waals surface area contributed by atoms with E-state index in [-0.39, 0.29) is 18.2 Å². The van der Waals surface area contributed by atoms with Crippen molar-refractivity contribution >= 4 is 0 Å². The first-order valence-electron chi connectivity index (χ1n) is 6.24. The highest BCUT2D eigenvalue weighted by Crippen LogP contribution is 2.30. The number of benzene rings is 1. The Morgan fingerprint density at radius 1 is 1.44 bits per heavy atom. The summed E-state index contributed by atoms with van der Waals surface area (Å²) in [6.07, 6.45) is 2.11. The minimum absolute atomic E-state index is 0.0337. The Hall–Kier alpha value is -1.13. The zero-order valence-corrected chi connectivity index (χ0v) is 11.1. The molecule has 3 nitrogen and oxygen atoms in total. The Morgan fingerprint density at radius 3 is 2.67 bits per heavy atom. The van der Waals surface area contributed by atoms with Crippen LogP contribution in [-0.4, -0.2) is 25.4 Å². The summed E-state index contributed by atoms with van der Waals surface area (Å²) in [4.78, 5) is 0. The van der Waals surface area contributed by atoms with Crippen molar-refractivity contribution in [3.05, 3.63) is 29.6 Å². The lowest BCUT2D eigenvalue weighted by atomic mass is 9.78. The molecule has 3 N–H and O–H groups in total. The maximum absolute atomic E-state index is 14.1. The summed E-state index contributed by atoms with van der Waals surface area (Å²) < 4.78 is 19.0. The van der Waals surface area contributed by atoms with Gasteiger partial charge in [0.05, 0.1) is 13.7 Å². The Balaban J connectivity index is 3.00. The van der Waals surface area contributed by atoms with Gasteiger partial charge in [-0.1, -0.05) is 25.5 Å². The molecular weight excluding hydrogens is 233 g/mol. The number of nitrogens with two attached hydrogens (primary N) is 1. The number of halogens is 1. The summed E-state index contributed by atoms with van der Waals surface area (Å²) >= 11 is 0. The molecule has 1 unspecified atom stereocenters. The Kier molecular flexibility index (Phi) is 5.56. The molecule has 0 aliphatic rings. The highest BCUT2D eigenvalue weighted by Gasteiger charge is 2.28. The molecule has 1 aromatic carbocycles. The molecule has 102 valence electrons. The van der Waals surface area contributed by atoms with Crippen molar-refractivity contribution in [2.24, 2.45) is 11.1 Å². The molecule has 0 saturated heterocycles. The van der Waals surface area contributed by atoms with Crippen LogP contribution in [0.15, 0.2) is 18.2 Å². The van der Waals surface area contributed by atoms with Gasteiger partial charge in [-0.25, -0.2) is 4.39 Å². The summed E-state index contributed by atoms with van der Waals surface area (Å²) in [6.45, 7) is 2.34. The lowest BCUT2D eigenvalue weighted by Gasteiger charge is -2.30. The monoisotopic (exact) mass is 255 g/mol. The van der Waals surface area contributed by atoms with E-state index in [4.69, 9.17) is 10.5 Å². The molecule has 0 aliphatic carbocycles. The molecule has 0 aromatic heterocycles. The first-order valence-corrected chi connectivity index (χ1v) is 6.24. The van der Waals surface area contributed by atoms with E-state index in [1.165, 1.54) is 7.11 Å². The van der Waals surface area contributed by atoms with Gasteiger partial charge in [0, 0.05) is 12.0 Å². The van der Waals surface area contributed by atoms with Gasteiger partial charge < -0.3 is 15.6 Å². The van der Waals surface area contributed by atoms with Crippen LogP contribution < -0.4 is 10.5 Å². The van der Waals surface area contributed by atoms with Crippen molar-refractivity contribution in [2.75, 3.05) is 20.3 Å². The van der Waals surface area contributed by atoms with Crippen molar-refractivity contribution in [3.8, 4) is 5.75 Å². The summed E-state index contributed by atoms with van der Waals surface area (Å²) in [6, 6.07) is 5.05. The fraction of sp³-hybridized carbons (Fsp3) is 0.571. The Morgan fingerprint density at radius 2 is 2.17 bits per heavy atom. The van der Waals surface area contributed by atoms with Crippen LogP contribution in [0, 0.1) is 11.2 Å². The van der Waals surface area contributed by atoms with E-state index < -0.39 is 5.41 Å². The molecule has 1 rings (SSSR count). The number of aliphatic hydroxyl groups excluding tert-OH is 1. The van der Waals surface area contributed by atoms with Crippen LogP contribution in [-0.2, 0) is 6.42 Å². The topological polar surface area (TPSA) is 55.5 Å². The number of ether oxygens (including phenoxy) is 1. The number of hydrogen-bond acceptors (Lipinski definition) is 3. The van der Waals surface area contributed by atoms with Gasteiger partial charge in [-0.05, 0) is 24.5 Å². The number of methoxy groups -OCH3 is 1. The fourth-order valence-corrected chi connectivity index (χ4v) is 2.25. The van der Waals surface area contributed by atoms with E-state index in [0.717, 1.165) is 12.8 Å². The maximum Gasteiger partial charge on any atom is 0.168 e. The second-order valence-electron chi connectivity index (χ2n) is 4.72. The van der Waals surface area contributed by atoms with Crippen molar-refractivity contribution in [3.63, 3.8) is 0 Å². The smallest absolute Gasteiger partial charge is 0.168 e. The first-order chi connectivity index (χ1) is 8.62. The van der Waals surface area contributed by atoms with Gasteiger partial charge in [0.1, 0.15) is 0 Å². The van der Waals surface area contributed by atoms with Crippen LogP contribution in [0.3, 0.4) is 0 Å². The highest BCUT2D eigenvalue weighted by atomic mass is 19.1. The zero-order chi connectivity index (χ0) is 13.6. The van der Waals surface area contributed by atoms with Gasteiger partial charge >= 0.3 is 0 Å². The quantitative estimate of drug-likeness (QED) is 0.784. The van der Waals surface area contributed by atoms with Gasteiger partial charge in [-0.2, -0.15) is 0 Å². The number of rotatable bonds is 7. The predicted octanol–water partition coefficient (Wildman–Crippen LogP) is 2.11. The molecule has 0 heterocycles. The molecule has 18 heavy (non-hydrogen) atoms. The van der Waals surface area contributed by atoms with Gasteiger partial charge in [0.25, 0.3) is 0 Å². The summed E-state index contributed by atoms with van der Waals surface area (Å²) in [7, 11) is 1.44. The van der Waals surface area contributed by atoms with Crippen LogP contribution in [0.1, 0.15) is 25.3 Å². The average Bonchev–Trinajstić information content (AvgIpc) is 2.40. The molecule has 0 bridgehead atoms. The van der Waals surface area contributed by atoms with Gasteiger partial charge in [-0.15, -0.1) is 0 Å². The normalized spacial score (nSPS) is 14.3. The van der Waals surface area contributed by atoms with Crippen molar-refractivity contribution in [1.82, 2.24) is 0 Å². The Labute approximate surface area is 108 Å². The van der Waals surface area contributed by atoms with E-state index in [1.54, 1.807) is 18.2 Å². The molecule has 0 radical (unpaired) electrons. The van der Waals surface area contributed by atoms with Crippen molar-refractivity contribution in [2.45, 2.75) is 26.2 Å². The lowest BCUT2D eigenvalue weighted by molar-refractivity contribution is 0.120. The predicted molar refractivity (Wildman–Crippen MR) is 70.1 cm³/mol. The SMILES string of the molecule is CCCC(CN)(CO)Cc1cccc(OC)c1F. The molecule has 0 aliphatic heterocycles. The average molecular weight is 255 g/mol. The third kappa shape index (κ3) is 3.21. The summed E-state index contributed by atoms with van der Waals surface area (Å²) in [5.74, 6) is -0.129. The maximum atomic E-state index is 14.1. The van der Waals surface area contributed by atoms with E-state index in [0.29, 0.717) is 18.5 Å². The van der Waals surface area contributed by atoms with Crippen LogP contribution in [0.4, 0.5) is 4.39 Å². The van der Waals surface area contributed by atoms with Crippen LogP contribution in [0.2, 0.25) is 0 Å². The van der Waals surface area contributed by atoms with Crippen LogP contribution in [0.5, 0.6) is 5.75 Å². The molecule has 0 spiro atoms. The van der Waals surface area contributed by atoms with Gasteiger partial charge in [0.2, 0.25) is 0 Å². The molecule has 1 aromatic rings. The third-order valence-electron chi connectivity index (χ3n) is 3.38. The third-order valence-corrected chi connectivity index (χ3v) is 3.38. The number of hydrogen-bond donors (Lipinski definition) is 2. The molecular formula is C14H22FNO2. The van der Waals surface area contributed by atoms with Crippen molar-refractivity contribution < 1.29 is 14.2 Å². The zero-order valence-electron chi connectivity index (χ0n) is 11.1. The molecule has 1 atom stereocenters. The van der Waals surface area contributed by atoms with E-state index in [2.05, 4.69) is 0 Å². The Bertz CT molecular complexity index is 378. The molecule has 0 saturated carbocycles. The molecule has 4 heteroatoms. The highest BCUT2D eigenvalue weighted by molar-refractivity contribution is 5.31. The fourth-order valence-electron chi connectivity index (χ4n) is 2.25. The minimum atomic E-state index is -0.443. The van der Waals surface area contributed by atoms with Gasteiger partial charge in [0.15, 0.2) is 11.6 Å². The summed E-state index contributed by atoms with van der Waals surface area (Å²) in [5.41, 5.74) is 5.86. The van der Waals surface area contributed by atoms with E-state index in [1.807, 2.05) is 6.92 Å². The lowest BCUT2D eigenvalue weighted by Crippen LogP contribution is -2.36. The standard InChI is InChI=1S/C14H22FNO2/c1-3-7-14(9-16,10-17)8-11-5-4-6-12(18-2)13(11)15/h4-6,17H,3,7-10,16H2,1-2H3. The van der Waals surface area contributed by atoms with Crippen LogP contribution >= 0.6 is 0 Å². The van der Waals surface area contributed by atoms with Gasteiger partial charge in [-0.3, -0.25) is 0 Å². The molecule has 0 amide bonds. The summed E-state index contributed by atoms with van der Waals surface area (Å²) in [5, 5.41) is 9.55.